The van der Waals surface area contributed by atoms with Gasteiger partial charge in [-0.1, -0.05) is 6.92 Å². The number of nitrogens with zero attached hydrogens (tertiary/aromatic N) is 2. The average molecular weight is 250 g/mol. The molecule has 1 aromatic rings. The van der Waals surface area contributed by atoms with Crippen molar-refractivity contribution in [1.82, 2.24) is 9.55 Å². The van der Waals surface area contributed by atoms with Crippen molar-refractivity contribution in [3.05, 3.63) is 18.2 Å². The lowest BCUT2D eigenvalue weighted by molar-refractivity contribution is -0.124. The molecule has 1 fully saturated rings. The fraction of sp³-hybridized carbons (Fsp3) is 0.714. The zero-order valence-electron chi connectivity index (χ0n) is 11.6. The van der Waals surface area contributed by atoms with Crippen LogP contribution in [-0.4, -0.2) is 27.5 Å². The molecule has 4 atom stereocenters. The molecule has 1 aliphatic heterocycles. The number of hydrogen-bond acceptors (Lipinski definition) is 3. The van der Waals surface area contributed by atoms with Gasteiger partial charge in [-0.25, -0.2) is 4.98 Å². The van der Waals surface area contributed by atoms with Crippen LogP contribution in [0.1, 0.15) is 33.5 Å². The molecule has 2 heterocycles. The molecule has 18 heavy (non-hydrogen) atoms. The van der Waals surface area contributed by atoms with Crippen molar-refractivity contribution in [2.45, 2.75) is 52.9 Å². The summed E-state index contributed by atoms with van der Waals surface area (Å²) in [5.41, 5.74) is 0. The Kier molecular flexibility index (Phi) is 3.85. The molecule has 0 spiro atoms. The normalized spacial score (nSPS) is 31.8. The summed E-state index contributed by atoms with van der Waals surface area (Å²) < 4.78 is 7.76. The molecule has 0 aliphatic carbocycles. The summed E-state index contributed by atoms with van der Waals surface area (Å²) in [6.45, 7) is 9.05. The number of ether oxygens (including phenoxy) is 1. The molecule has 4 nitrogen and oxygen atoms in total. The van der Waals surface area contributed by atoms with Crippen molar-refractivity contribution in [3.8, 4) is 0 Å². The van der Waals surface area contributed by atoms with E-state index in [9.17, 15) is 4.79 Å². The van der Waals surface area contributed by atoms with Crippen molar-refractivity contribution in [2.75, 3.05) is 0 Å². The molecule has 0 N–H and O–H groups in total. The van der Waals surface area contributed by atoms with Gasteiger partial charge in [-0.05, 0) is 26.7 Å². The predicted octanol–water partition coefficient (Wildman–Crippen LogP) is 2.07. The number of ketones is 1. The van der Waals surface area contributed by atoms with E-state index in [0.29, 0.717) is 6.42 Å². The summed E-state index contributed by atoms with van der Waals surface area (Å²) in [5, 5.41) is 0. The zero-order chi connectivity index (χ0) is 13.3. The molecule has 0 aromatic carbocycles. The van der Waals surface area contributed by atoms with Gasteiger partial charge in [-0.2, -0.15) is 0 Å². The van der Waals surface area contributed by atoms with Gasteiger partial charge in [-0.3, -0.25) is 4.79 Å². The Bertz CT molecular complexity index is 427. The van der Waals surface area contributed by atoms with E-state index in [-0.39, 0.29) is 29.8 Å². The fourth-order valence-electron chi connectivity index (χ4n) is 2.89. The highest BCUT2D eigenvalue weighted by Gasteiger charge is 2.41. The maximum atomic E-state index is 12.4. The highest BCUT2D eigenvalue weighted by atomic mass is 16.5. The summed E-state index contributed by atoms with van der Waals surface area (Å²) >= 11 is 0. The van der Waals surface area contributed by atoms with E-state index in [1.807, 2.05) is 24.6 Å². The Labute approximate surface area is 108 Å². The third kappa shape index (κ3) is 2.34. The van der Waals surface area contributed by atoms with Crippen molar-refractivity contribution >= 4 is 5.78 Å². The largest absolute Gasteiger partial charge is 0.375 e. The summed E-state index contributed by atoms with van der Waals surface area (Å²) in [7, 11) is 0. The molecule has 1 aliphatic rings. The summed E-state index contributed by atoms with van der Waals surface area (Å²) in [6.07, 6.45) is 4.28. The first-order valence-corrected chi connectivity index (χ1v) is 6.72. The average Bonchev–Trinajstić information content (AvgIpc) is 2.85. The fourth-order valence-corrected chi connectivity index (χ4v) is 2.89. The van der Waals surface area contributed by atoms with Gasteiger partial charge in [0.05, 0.1) is 18.6 Å². The van der Waals surface area contributed by atoms with Gasteiger partial charge in [0.1, 0.15) is 11.6 Å². The number of aryl methyl sites for hydroxylation is 1. The number of rotatable bonds is 4. The van der Waals surface area contributed by atoms with Gasteiger partial charge in [-0.15, -0.1) is 0 Å². The lowest BCUT2D eigenvalue weighted by Crippen LogP contribution is -2.29. The second kappa shape index (κ2) is 5.22. The molecule has 1 saturated heterocycles. The van der Waals surface area contributed by atoms with Gasteiger partial charge in [0.2, 0.25) is 0 Å². The van der Waals surface area contributed by atoms with Crippen LogP contribution in [-0.2, 0) is 22.5 Å². The molecule has 0 radical (unpaired) electrons. The minimum atomic E-state index is 0.00186. The molecule has 4 heteroatoms. The third-order valence-electron chi connectivity index (χ3n) is 4.09. The van der Waals surface area contributed by atoms with Crippen LogP contribution in [0.25, 0.3) is 0 Å². The molecule has 0 bridgehead atoms. The van der Waals surface area contributed by atoms with E-state index in [2.05, 4.69) is 18.8 Å². The summed E-state index contributed by atoms with van der Waals surface area (Å²) in [6, 6.07) is 0. The molecule has 0 amide bonds. The van der Waals surface area contributed by atoms with E-state index in [4.69, 9.17) is 4.74 Å². The van der Waals surface area contributed by atoms with Crippen LogP contribution >= 0.6 is 0 Å². The maximum absolute atomic E-state index is 12.4. The molecule has 2 rings (SSSR count). The van der Waals surface area contributed by atoms with Gasteiger partial charge in [0, 0.05) is 24.9 Å². The number of carbonyl (C=O) groups is 1. The first-order chi connectivity index (χ1) is 8.54. The van der Waals surface area contributed by atoms with Crippen LogP contribution in [0.3, 0.4) is 0 Å². The van der Waals surface area contributed by atoms with Gasteiger partial charge in [0.25, 0.3) is 0 Å². The zero-order valence-corrected chi connectivity index (χ0v) is 11.6. The highest BCUT2D eigenvalue weighted by Crippen LogP contribution is 2.33. The first-order valence-electron chi connectivity index (χ1n) is 6.72. The van der Waals surface area contributed by atoms with Gasteiger partial charge in [0.15, 0.2) is 0 Å². The second-order valence-corrected chi connectivity index (χ2v) is 5.20. The summed E-state index contributed by atoms with van der Waals surface area (Å²) in [5.74, 6) is 1.40. The first kappa shape index (κ1) is 13.3. The number of Topliss-reactive ketones (excluding diaryl/α,β-unsaturated/α-hetero) is 1. The van der Waals surface area contributed by atoms with Gasteiger partial charge < -0.3 is 9.30 Å². The smallest absolute Gasteiger partial charge is 0.146 e. The highest BCUT2D eigenvalue weighted by molar-refractivity contribution is 5.83. The van der Waals surface area contributed by atoms with E-state index >= 15 is 0 Å². The predicted molar refractivity (Wildman–Crippen MR) is 69.3 cm³/mol. The minimum absolute atomic E-state index is 0.00186. The van der Waals surface area contributed by atoms with E-state index in [1.54, 1.807) is 6.20 Å². The lowest BCUT2D eigenvalue weighted by Gasteiger charge is -2.17. The number of hydrogen-bond donors (Lipinski definition) is 0. The van der Waals surface area contributed by atoms with Crippen LogP contribution < -0.4 is 0 Å². The maximum Gasteiger partial charge on any atom is 0.146 e. The van der Waals surface area contributed by atoms with Gasteiger partial charge >= 0.3 is 0 Å². The lowest BCUT2D eigenvalue weighted by atomic mass is 9.85. The van der Waals surface area contributed by atoms with Crippen molar-refractivity contribution in [3.63, 3.8) is 0 Å². The Hall–Kier alpha value is -1.16. The molecule has 100 valence electrons. The molecular formula is C14H22N2O2. The van der Waals surface area contributed by atoms with Crippen LogP contribution in [0.5, 0.6) is 0 Å². The molecular weight excluding hydrogens is 228 g/mol. The Morgan fingerprint density at radius 2 is 2.11 bits per heavy atom. The van der Waals surface area contributed by atoms with Crippen LogP contribution in [0, 0.1) is 11.8 Å². The molecule has 0 saturated carbocycles. The van der Waals surface area contributed by atoms with E-state index in [0.717, 1.165) is 12.4 Å². The number of imidazole rings is 1. The van der Waals surface area contributed by atoms with Crippen molar-refractivity contribution < 1.29 is 9.53 Å². The standard InChI is InChI=1S/C14H22N2O2/c1-5-16-7-6-15-13(16)8-12(17)14-9(2)10(3)18-11(14)4/h6-7,9-11,14H,5,8H2,1-4H3. The van der Waals surface area contributed by atoms with Crippen LogP contribution in [0.4, 0.5) is 0 Å². The number of carbonyl (C=O) groups excluding carboxylic acids is 1. The van der Waals surface area contributed by atoms with Crippen molar-refractivity contribution in [1.29, 1.82) is 0 Å². The number of aromatic nitrogens is 2. The topological polar surface area (TPSA) is 44.1 Å². The minimum Gasteiger partial charge on any atom is -0.375 e. The third-order valence-corrected chi connectivity index (χ3v) is 4.09. The monoisotopic (exact) mass is 250 g/mol. The van der Waals surface area contributed by atoms with E-state index < -0.39 is 0 Å². The van der Waals surface area contributed by atoms with Crippen LogP contribution in [0.2, 0.25) is 0 Å². The summed E-state index contributed by atoms with van der Waals surface area (Å²) in [4.78, 5) is 16.7. The SMILES string of the molecule is CCn1ccnc1CC(=O)C1C(C)OC(C)C1C. The van der Waals surface area contributed by atoms with E-state index in [1.165, 1.54) is 0 Å². The second-order valence-electron chi connectivity index (χ2n) is 5.20. The molecule has 4 unspecified atom stereocenters. The molecule has 1 aromatic heterocycles. The van der Waals surface area contributed by atoms with Crippen molar-refractivity contribution in [2.24, 2.45) is 11.8 Å². The quantitative estimate of drug-likeness (QED) is 0.821. The Morgan fingerprint density at radius 3 is 2.67 bits per heavy atom. The Morgan fingerprint density at radius 1 is 1.39 bits per heavy atom. The van der Waals surface area contributed by atoms with Crippen LogP contribution in [0.15, 0.2) is 12.4 Å². The Balaban J connectivity index is 2.08.